The molecule has 0 aliphatic heterocycles. The van der Waals surface area contributed by atoms with Gasteiger partial charge in [-0.15, -0.1) is 0 Å². The van der Waals surface area contributed by atoms with E-state index >= 15 is 0 Å². The van der Waals surface area contributed by atoms with Crippen LogP contribution in [0.2, 0.25) is 0 Å². The van der Waals surface area contributed by atoms with Crippen LogP contribution < -0.4 is 8.92 Å². The van der Waals surface area contributed by atoms with E-state index in [9.17, 15) is 13.0 Å². The summed E-state index contributed by atoms with van der Waals surface area (Å²) in [6, 6.07) is 5.20. The number of hydrogen-bond acceptors (Lipinski definition) is 7. The van der Waals surface area contributed by atoms with E-state index in [1.54, 1.807) is 35.1 Å². The van der Waals surface area contributed by atoms with Gasteiger partial charge in [-0.3, -0.25) is 4.40 Å². The van der Waals surface area contributed by atoms with Crippen LogP contribution in [0, 0.1) is 0 Å². The molecule has 0 aliphatic rings. The second-order valence-corrected chi connectivity index (χ2v) is 8.18. The van der Waals surface area contributed by atoms with Gasteiger partial charge in [-0.1, -0.05) is 0 Å². The Kier molecular flexibility index (Phi) is 4.58. The van der Waals surface area contributed by atoms with Crippen LogP contribution in [-0.4, -0.2) is 47.0 Å². The highest BCUT2D eigenvalue weighted by Gasteiger charge is 2.15. The van der Waals surface area contributed by atoms with E-state index < -0.39 is 21.3 Å². The molecule has 0 saturated carbocycles. The number of aromatic nitrogens is 3. The Hall–Kier alpha value is -2.30. The monoisotopic (exact) mass is 381 g/mol. The van der Waals surface area contributed by atoms with Gasteiger partial charge in [-0.25, -0.2) is 9.97 Å². The number of rotatable bonds is 5. The Morgan fingerprint density at radius 2 is 2.04 bits per heavy atom. The lowest BCUT2D eigenvalue weighted by Crippen LogP contribution is -2.06. The number of imidazole rings is 1. The van der Waals surface area contributed by atoms with Crippen molar-refractivity contribution >= 4 is 27.1 Å². The van der Waals surface area contributed by atoms with Crippen molar-refractivity contribution in [1.82, 2.24) is 14.4 Å². The molecule has 0 aliphatic carbocycles. The maximum Gasteiger partial charge on any atom is 0.306 e. The van der Waals surface area contributed by atoms with Crippen molar-refractivity contribution in [2.45, 2.75) is 4.90 Å². The average molecular weight is 381 g/mol. The van der Waals surface area contributed by atoms with E-state index in [1.807, 2.05) is 0 Å². The fourth-order valence-corrected chi connectivity index (χ4v) is 3.24. The maximum atomic E-state index is 11.6. The van der Waals surface area contributed by atoms with Gasteiger partial charge in [0.05, 0.1) is 31.5 Å². The predicted molar refractivity (Wildman–Crippen MR) is 92.8 cm³/mol. The third-order valence-electron chi connectivity index (χ3n) is 3.31. The molecule has 0 fully saturated rings. The maximum absolute atomic E-state index is 11.6. The van der Waals surface area contributed by atoms with Crippen molar-refractivity contribution in [2.75, 3.05) is 19.6 Å². The highest BCUT2D eigenvalue weighted by Crippen LogP contribution is 2.31. The van der Waals surface area contributed by atoms with E-state index in [4.69, 9.17) is 8.92 Å². The van der Waals surface area contributed by atoms with Gasteiger partial charge in [0.2, 0.25) is 5.78 Å². The SMILES string of the molecule is COc1cc([S+](C)[O-])ccc1-c1cn2cc(OS(C)(=O)=O)cnc2n1. The summed E-state index contributed by atoms with van der Waals surface area (Å²) in [7, 11) is -2.12. The molecule has 0 amide bonds. The number of ether oxygens (including phenoxy) is 1. The molecule has 0 saturated heterocycles. The van der Waals surface area contributed by atoms with Gasteiger partial charge in [0.1, 0.15) is 12.0 Å². The molecule has 25 heavy (non-hydrogen) atoms. The standard InChI is InChI=1S/C15H15N3O5S2/c1-22-14-6-11(24(2)19)4-5-12(14)13-9-18-8-10(23-25(3,20)21)7-16-15(18)17-13/h4-9H,1-3H3. The summed E-state index contributed by atoms with van der Waals surface area (Å²) in [5.41, 5.74) is 1.28. The minimum atomic E-state index is -3.64. The number of hydrogen-bond donors (Lipinski definition) is 0. The smallest absolute Gasteiger partial charge is 0.306 e. The van der Waals surface area contributed by atoms with E-state index in [1.165, 1.54) is 19.5 Å². The van der Waals surface area contributed by atoms with Crippen LogP contribution in [0.5, 0.6) is 11.5 Å². The first kappa shape index (κ1) is 17.5. The molecule has 8 nitrogen and oxygen atoms in total. The van der Waals surface area contributed by atoms with E-state index in [0.717, 1.165) is 6.26 Å². The summed E-state index contributed by atoms with van der Waals surface area (Å²) >= 11 is -1.12. The minimum Gasteiger partial charge on any atom is -0.612 e. The summed E-state index contributed by atoms with van der Waals surface area (Å²) < 4.78 is 45.8. The van der Waals surface area contributed by atoms with Crippen LogP contribution >= 0.6 is 0 Å². The molecule has 0 bridgehead atoms. The predicted octanol–water partition coefficient (Wildman–Crippen LogP) is 1.48. The third-order valence-corrected chi connectivity index (χ3v) is 4.73. The molecule has 0 spiro atoms. The molecule has 10 heteroatoms. The summed E-state index contributed by atoms with van der Waals surface area (Å²) in [4.78, 5) is 9.13. The quantitative estimate of drug-likeness (QED) is 0.487. The first-order valence-corrected chi connectivity index (χ1v) is 10.4. The number of nitrogens with zero attached hydrogens (tertiary/aromatic N) is 3. The first-order valence-electron chi connectivity index (χ1n) is 7.03. The molecule has 3 rings (SSSR count). The Balaban J connectivity index is 2.04. The molecule has 2 aromatic heterocycles. The zero-order valence-electron chi connectivity index (χ0n) is 13.7. The lowest BCUT2D eigenvalue weighted by molar-refractivity contribution is 0.415. The van der Waals surface area contributed by atoms with Crippen molar-refractivity contribution in [3.63, 3.8) is 0 Å². The van der Waals surface area contributed by atoms with Crippen LogP contribution in [0.25, 0.3) is 17.0 Å². The van der Waals surface area contributed by atoms with Gasteiger partial charge >= 0.3 is 10.1 Å². The fraction of sp³-hybridized carbons (Fsp3) is 0.200. The normalized spacial score (nSPS) is 13.0. The fourth-order valence-electron chi connectivity index (χ4n) is 2.28. The summed E-state index contributed by atoms with van der Waals surface area (Å²) in [5, 5.41) is 0. The minimum absolute atomic E-state index is 0.0858. The molecular formula is C15H15N3O5S2. The molecule has 2 heterocycles. The van der Waals surface area contributed by atoms with Gasteiger partial charge in [0.25, 0.3) is 0 Å². The van der Waals surface area contributed by atoms with Crippen LogP contribution in [0.3, 0.4) is 0 Å². The van der Waals surface area contributed by atoms with Crippen LogP contribution in [0.15, 0.2) is 41.7 Å². The highest BCUT2D eigenvalue weighted by molar-refractivity contribution is 7.90. The van der Waals surface area contributed by atoms with Gasteiger partial charge in [-0.05, 0) is 23.3 Å². The summed E-state index contributed by atoms with van der Waals surface area (Å²) in [6.07, 6.45) is 6.99. The average Bonchev–Trinajstić information content (AvgIpc) is 2.95. The second-order valence-electron chi connectivity index (χ2n) is 5.23. The van der Waals surface area contributed by atoms with E-state index in [2.05, 4.69) is 9.97 Å². The van der Waals surface area contributed by atoms with Crippen LogP contribution in [0.1, 0.15) is 0 Å². The molecule has 132 valence electrons. The van der Waals surface area contributed by atoms with Crippen LogP contribution in [0.4, 0.5) is 0 Å². The highest BCUT2D eigenvalue weighted by atomic mass is 32.2. The van der Waals surface area contributed by atoms with Crippen molar-refractivity contribution in [1.29, 1.82) is 0 Å². The largest absolute Gasteiger partial charge is 0.612 e. The first-order chi connectivity index (χ1) is 11.8. The lowest BCUT2D eigenvalue weighted by Gasteiger charge is -2.09. The molecular weight excluding hydrogens is 366 g/mol. The second kappa shape index (κ2) is 6.54. The van der Waals surface area contributed by atoms with Gasteiger partial charge in [0.15, 0.2) is 10.6 Å². The molecule has 0 radical (unpaired) electrons. The van der Waals surface area contributed by atoms with E-state index in [-0.39, 0.29) is 5.75 Å². The Bertz CT molecular complexity index is 1030. The van der Waals surface area contributed by atoms with Crippen molar-refractivity contribution in [3.05, 3.63) is 36.8 Å². The Morgan fingerprint density at radius 3 is 2.68 bits per heavy atom. The number of methoxy groups -OCH3 is 1. The molecule has 0 N–H and O–H groups in total. The third kappa shape index (κ3) is 3.86. The zero-order chi connectivity index (χ0) is 18.2. The number of fused-ring (bicyclic) bond motifs is 1. The number of benzene rings is 1. The van der Waals surface area contributed by atoms with Gasteiger partial charge < -0.3 is 13.5 Å². The topological polar surface area (TPSA) is 106 Å². The van der Waals surface area contributed by atoms with Gasteiger partial charge in [-0.2, -0.15) is 8.42 Å². The lowest BCUT2D eigenvalue weighted by atomic mass is 10.1. The molecule has 1 atom stereocenters. The van der Waals surface area contributed by atoms with Crippen molar-refractivity contribution in [3.8, 4) is 22.8 Å². The van der Waals surface area contributed by atoms with Crippen molar-refractivity contribution in [2.24, 2.45) is 0 Å². The molecule has 3 aromatic rings. The van der Waals surface area contributed by atoms with Gasteiger partial charge in [0, 0.05) is 17.8 Å². The van der Waals surface area contributed by atoms with Crippen molar-refractivity contribution < 1.29 is 21.9 Å². The Labute approximate surface area is 147 Å². The Morgan fingerprint density at radius 1 is 1.28 bits per heavy atom. The zero-order valence-corrected chi connectivity index (χ0v) is 15.3. The molecule has 1 unspecified atom stereocenters. The summed E-state index contributed by atoms with van der Waals surface area (Å²) in [6.45, 7) is 0. The van der Waals surface area contributed by atoms with E-state index in [0.29, 0.717) is 27.7 Å². The molecule has 1 aromatic carbocycles. The van der Waals surface area contributed by atoms with Crippen LogP contribution in [-0.2, 0) is 21.3 Å². The summed E-state index contributed by atoms with van der Waals surface area (Å²) in [5.74, 6) is 0.993.